The lowest BCUT2D eigenvalue weighted by Gasteiger charge is -2.09. The van der Waals surface area contributed by atoms with Crippen molar-refractivity contribution in [2.24, 2.45) is 0 Å². The van der Waals surface area contributed by atoms with Crippen molar-refractivity contribution in [1.29, 1.82) is 0 Å². The molecule has 0 aliphatic carbocycles. The van der Waals surface area contributed by atoms with Gasteiger partial charge in [-0.2, -0.15) is 0 Å². The fourth-order valence-electron chi connectivity index (χ4n) is 1.82. The van der Waals surface area contributed by atoms with E-state index in [0.717, 1.165) is 9.79 Å². The average molecular weight is 331 g/mol. The Labute approximate surface area is 138 Å². The van der Waals surface area contributed by atoms with E-state index in [0.29, 0.717) is 17.1 Å². The van der Waals surface area contributed by atoms with Gasteiger partial charge in [0.05, 0.1) is 18.5 Å². The molecular formula is C16H17N3O3S. The van der Waals surface area contributed by atoms with Crippen LogP contribution in [0.5, 0.6) is 0 Å². The Balaban J connectivity index is 2.05. The van der Waals surface area contributed by atoms with Crippen LogP contribution >= 0.6 is 11.8 Å². The maximum absolute atomic E-state index is 11.1. The Kier molecular flexibility index (Phi) is 5.48. The third kappa shape index (κ3) is 4.93. The number of amides is 2. The molecule has 2 rings (SSSR count). The summed E-state index contributed by atoms with van der Waals surface area (Å²) in [6, 6.07) is 12.8. The summed E-state index contributed by atoms with van der Waals surface area (Å²) in [7, 11) is 1.31. The predicted octanol–water partition coefficient (Wildman–Crippen LogP) is 3.56. The third-order valence-corrected chi connectivity index (χ3v) is 3.85. The van der Waals surface area contributed by atoms with Crippen LogP contribution in [0.15, 0.2) is 52.3 Å². The van der Waals surface area contributed by atoms with Crippen molar-refractivity contribution in [3.63, 3.8) is 0 Å². The number of anilines is 3. The zero-order valence-electron chi connectivity index (χ0n) is 12.8. The van der Waals surface area contributed by atoms with E-state index >= 15 is 0 Å². The minimum atomic E-state index is -0.508. The molecular weight excluding hydrogens is 314 g/mol. The molecule has 0 radical (unpaired) electrons. The van der Waals surface area contributed by atoms with E-state index in [4.69, 9.17) is 5.73 Å². The second kappa shape index (κ2) is 7.55. The molecule has 0 spiro atoms. The zero-order valence-corrected chi connectivity index (χ0v) is 13.6. The van der Waals surface area contributed by atoms with E-state index in [1.807, 2.05) is 18.2 Å². The number of nitrogen functional groups attached to an aromatic ring is 1. The van der Waals surface area contributed by atoms with Crippen LogP contribution in [0, 0.1) is 0 Å². The average Bonchev–Trinajstić information content (AvgIpc) is 2.51. The Bertz CT molecular complexity index is 717. The van der Waals surface area contributed by atoms with Gasteiger partial charge in [0, 0.05) is 22.4 Å². The van der Waals surface area contributed by atoms with Crippen LogP contribution in [0.3, 0.4) is 0 Å². The van der Waals surface area contributed by atoms with Crippen molar-refractivity contribution < 1.29 is 14.3 Å². The number of benzene rings is 2. The fraction of sp³-hybridized carbons (Fsp3) is 0.125. The van der Waals surface area contributed by atoms with Crippen molar-refractivity contribution in [2.75, 3.05) is 23.5 Å². The highest BCUT2D eigenvalue weighted by atomic mass is 32.2. The van der Waals surface area contributed by atoms with Crippen LogP contribution in [-0.2, 0) is 9.53 Å². The number of carbonyl (C=O) groups excluding carboxylic acids is 2. The molecule has 0 aliphatic rings. The summed E-state index contributed by atoms with van der Waals surface area (Å²) in [6.45, 7) is 1.44. The number of nitrogens with two attached hydrogens (primary N) is 1. The van der Waals surface area contributed by atoms with Gasteiger partial charge in [0.2, 0.25) is 5.91 Å². The number of carbonyl (C=O) groups is 2. The molecule has 6 nitrogen and oxygen atoms in total. The molecule has 7 heteroatoms. The van der Waals surface area contributed by atoms with Crippen molar-refractivity contribution in [2.45, 2.75) is 16.7 Å². The lowest BCUT2D eigenvalue weighted by Crippen LogP contribution is -2.10. The molecule has 0 fully saturated rings. The molecule has 0 heterocycles. The van der Waals surface area contributed by atoms with E-state index in [9.17, 15) is 9.59 Å². The Morgan fingerprint density at radius 3 is 2.26 bits per heavy atom. The molecule has 120 valence electrons. The second-order valence-corrected chi connectivity index (χ2v) is 5.82. The first-order valence-corrected chi connectivity index (χ1v) is 7.59. The second-order valence-electron chi connectivity index (χ2n) is 4.67. The van der Waals surface area contributed by atoms with Crippen LogP contribution in [-0.4, -0.2) is 19.1 Å². The summed E-state index contributed by atoms with van der Waals surface area (Å²) in [4.78, 5) is 24.1. The van der Waals surface area contributed by atoms with E-state index in [2.05, 4.69) is 15.4 Å². The first-order valence-electron chi connectivity index (χ1n) is 6.78. The molecule has 4 N–H and O–H groups in total. The number of methoxy groups -OCH3 is 1. The smallest absolute Gasteiger partial charge is 0.411 e. The highest BCUT2D eigenvalue weighted by Gasteiger charge is 2.05. The molecule has 2 amide bonds. The Morgan fingerprint density at radius 2 is 1.70 bits per heavy atom. The molecule has 23 heavy (non-hydrogen) atoms. The lowest BCUT2D eigenvalue weighted by atomic mass is 10.2. The van der Waals surface area contributed by atoms with E-state index in [-0.39, 0.29) is 5.91 Å². The topological polar surface area (TPSA) is 93.5 Å². The quantitative estimate of drug-likeness (QED) is 0.745. The normalized spacial score (nSPS) is 10.0. The summed E-state index contributed by atoms with van der Waals surface area (Å²) >= 11 is 1.53. The maximum Gasteiger partial charge on any atom is 0.411 e. The van der Waals surface area contributed by atoms with Crippen LogP contribution in [0.1, 0.15) is 6.92 Å². The highest BCUT2D eigenvalue weighted by molar-refractivity contribution is 7.99. The van der Waals surface area contributed by atoms with Crippen LogP contribution in [0.25, 0.3) is 0 Å². The third-order valence-electron chi connectivity index (χ3n) is 2.86. The first-order chi connectivity index (χ1) is 11.0. The molecule has 0 saturated carbocycles. The monoisotopic (exact) mass is 331 g/mol. The summed E-state index contributed by atoms with van der Waals surface area (Å²) in [5.74, 6) is -0.161. The number of hydrogen-bond donors (Lipinski definition) is 3. The van der Waals surface area contributed by atoms with Crippen LogP contribution in [0.4, 0.5) is 21.9 Å². The van der Waals surface area contributed by atoms with Gasteiger partial charge < -0.3 is 15.8 Å². The predicted molar refractivity (Wildman–Crippen MR) is 91.8 cm³/mol. The molecule has 0 atom stereocenters. The molecule has 2 aromatic carbocycles. The largest absolute Gasteiger partial charge is 0.453 e. The molecule has 0 saturated heterocycles. The minimum Gasteiger partial charge on any atom is -0.453 e. The Morgan fingerprint density at radius 1 is 1.04 bits per heavy atom. The van der Waals surface area contributed by atoms with Gasteiger partial charge >= 0.3 is 6.09 Å². The van der Waals surface area contributed by atoms with Gasteiger partial charge in [-0.25, -0.2) is 4.79 Å². The fourth-order valence-corrected chi connectivity index (χ4v) is 2.69. The standard InChI is InChI=1S/C16H17N3O3S/c1-10(20)18-15-8-7-13(9-14(15)17)23-12-5-3-11(4-6-12)19-16(21)22-2/h3-9H,17H2,1-2H3,(H,18,20)(H,19,21). The number of rotatable bonds is 4. The van der Waals surface area contributed by atoms with Gasteiger partial charge in [-0.1, -0.05) is 11.8 Å². The molecule has 0 aliphatic heterocycles. The Hall–Kier alpha value is -2.67. The summed E-state index contributed by atoms with van der Waals surface area (Å²) in [5.41, 5.74) is 7.69. The minimum absolute atomic E-state index is 0.161. The van der Waals surface area contributed by atoms with Gasteiger partial charge in [0.25, 0.3) is 0 Å². The summed E-state index contributed by atoms with van der Waals surface area (Å²) < 4.78 is 4.53. The van der Waals surface area contributed by atoms with Gasteiger partial charge in [0.15, 0.2) is 0 Å². The summed E-state index contributed by atoms with van der Waals surface area (Å²) in [5, 5.41) is 5.26. The molecule has 0 bridgehead atoms. The molecule has 0 unspecified atom stereocenters. The van der Waals surface area contributed by atoms with Gasteiger partial charge in [-0.3, -0.25) is 10.1 Å². The number of ether oxygens (including phenoxy) is 1. The first kappa shape index (κ1) is 16.7. The van der Waals surface area contributed by atoms with Gasteiger partial charge in [0.1, 0.15) is 0 Å². The highest BCUT2D eigenvalue weighted by Crippen LogP contribution is 2.32. The van der Waals surface area contributed by atoms with Gasteiger partial charge in [-0.05, 0) is 42.5 Å². The van der Waals surface area contributed by atoms with E-state index in [1.54, 1.807) is 24.3 Å². The van der Waals surface area contributed by atoms with Crippen LogP contribution < -0.4 is 16.4 Å². The van der Waals surface area contributed by atoms with Crippen molar-refractivity contribution in [3.8, 4) is 0 Å². The SMILES string of the molecule is COC(=O)Nc1ccc(Sc2ccc(NC(C)=O)c(N)c2)cc1. The number of nitrogens with one attached hydrogen (secondary N) is 2. The van der Waals surface area contributed by atoms with Crippen LogP contribution in [0.2, 0.25) is 0 Å². The van der Waals surface area contributed by atoms with E-state index < -0.39 is 6.09 Å². The summed E-state index contributed by atoms with van der Waals surface area (Å²) in [6.07, 6.45) is -0.508. The molecule has 2 aromatic rings. The maximum atomic E-state index is 11.1. The number of hydrogen-bond acceptors (Lipinski definition) is 5. The lowest BCUT2D eigenvalue weighted by molar-refractivity contribution is -0.114. The zero-order chi connectivity index (χ0) is 16.8. The molecule has 0 aromatic heterocycles. The van der Waals surface area contributed by atoms with E-state index in [1.165, 1.54) is 25.8 Å². The van der Waals surface area contributed by atoms with Crippen molar-refractivity contribution in [1.82, 2.24) is 0 Å². The van der Waals surface area contributed by atoms with Crippen molar-refractivity contribution in [3.05, 3.63) is 42.5 Å². The van der Waals surface area contributed by atoms with Crippen molar-refractivity contribution >= 4 is 40.8 Å². The van der Waals surface area contributed by atoms with Gasteiger partial charge in [-0.15, -0.1) is 0 Å².